The molecule has 0 spiro atoms. The smallest absolute Gasteiger partial charge is 0.174 e. The van der Waals surface area contributed by atoms with Gasteiger partial charge in [-0.1, -0.05) is 24.3 Å². The number of aromatic nitrogens is 1. The van der Waals surface area contributed by atoms with Crippen LogP contribution < -0.4 is 33.7 Å². The van der Waals surface area contributed by atoms with Crippen LogP contribution in [0.15, 0.2) is 60.9 Å². The lowest BCUT2D eigenvalue weighted by molar-refractivity contribution is -0.375. The second-order valence-corrected chi connectivity index (χ2v) is 4.96. The number of hydrogen-bond acceptors (Lipinski definition) is 1. The molecule has 0 radical (unpaired) electrons. The Hall–Kier alpha value is -1.88. The van der Waals surface area contributed by atoms with Crippen LogP contribution in [0.4, 0.5) is 0 Å². The van der Waals surface area contributed by atoms with Crippen molar-refractivity contribution in [3.8, 4) is 5.75 Å². The molecule has 0 aliphatic carbocycles. The molecule has 0 unspecified atom stereocenters. The summed E-state index contributed by atoms with van der Waals surface area (Å²) in [7, 11) is 1.70. The summed E-state index contributed by atoms with van der Waals surface area (Å²) in [6.45, 7) is 0. The first-order chi connectivity index (χ1) is 9.86. The van der Waals surface area contributed by atoms with Crippen LogP contribution in [-0.2, 0) is 0 Å². The molecule has 4 rings (SSSR count). The first-order valence-corrected chi connectivity index (χ1v) is 6.66. The molecule has 3 aromatic carbocycles. The predicted octanol–water partition coefficient (Wildman–Crippen LogP) is 0.973. The summed E-state index contributed by atoms with van der Waals surface area (Å²) in [5, 5.41) is 7.54. The third-order valence-electron chi connectivity index (χ3n) is 3.88. The number of H-pyrrole nitrogens is 1. The first-order valence-electron chi connectivity index (χ1n) is 6.66. The maximum atomic E-state index is 5.30. The number of rotatable bonds is 1. The molecule has 0 fully saturated rings. The molecule has 21 heavy (non-hydrogen) atoms. The maximum absolute atomic E-state index is 5.30. The van der Waals surface area contributed by atoms with Crippen LogP contribution in [0.2, 0.25) is 0 Å². The van der Waals surface area contributed by atoms with Crippen LogP contribution in [0.5, 0.6) is 5.75 Å². The number of halogens is 1. The molecule has 0 aliphatic heterocycles. The maximum Gasteiger partial charge on any atom is 0.174 e. The van der Waals surface area contributed by atoms with Crippen molar-refractivity contribution in [2.24, 2.45) is 0 Å². The van der Waals surface area contributed by atoms with Crippen molar-refractivity contribution in [1.29, 1.82) is 0 Å². The van der Waals surface area contributed by atoms with Gasteiger partial charge in [-0.15, -0.1) is 0 Å². The minimum absolute atomic E-state index is 0. The molecule has 3 heteroatoms. The molecule has 4 aromatic rings. The standard InChI is InChI=1S/C18H13NO.HI/c1-20-14-4-7-15-12(10-14)2-5-18-16-8-9-19-11-13(16)3-6-17(15)18;/h2-11H,1H3;1H. The molecular formula is C18H14INO. The zero-order valence-corrected chi connectivity index (χ0v) is 13.7. The van der Waals surface area contributed by atoms with E-state index in [9.17, 15) is 0 Å². The fourth-order valence-electron chi connectivity index (χ4n) is 2.87. The topological polar surface area (TPSA) is 23.4 Å². The van der Waals surface area contributed by atoms with E-state index in [1.165, 1.54) is 32.3 Å². The van der Waals surface area contributed by atoms with Crippen molar-refractivity contribution in [2.45, 2.75) is 0 Å². The van der Waals surface area contributed by atoms with Gasteiger partial charge in [0.25, 0.3) is 0 Å². The van der Waals surface area contributed by atoms with Crippen molar-refractivity contribution in [3.05, 3.63) is 60.9 Å². The number of aromatic amines is 1. The van der Waals surface area contributed by atoms with Gasteiger partial charge >= 0.3 is 0 Å². The highest BCUT2D eigenvalue weighted by Crippen LogP contribution is 2.32. The third kappa shape index (κ3) is 2.21. The monoisotopic (exact) mass is 387 g/mol. The van der Waals surface area contributed by atoms with Crippen LogP contribution in [0.3, 0.4) is 0 Å². The van der Waals surface area contributed by atoms with Crippen LogP contribution in [0.25, 0.3) is 32.3 Å². The highest BCUT2D eigenvalue weighted by atomic mass is 127. The van der Waals surface area contributed by atoms with E-state index in [0.29, 0.717) is 0 Å². The molecule has 1 heterocycles. The van der Waals surface area contributed by atoms with Crippen molar-refractivity contribution >= 4 is 32.3 Å². The predicted molar refractivity (Wildman–Crippen MR) is 82.1 cm³/mol. The fraction of sp³-hybridized carbons (Fsp3) is 0.0556. The molecular weight excluding hydrogens is 373 g/mol. The SMILES string of the molecule is COc1ccc2c(ccc3c4cc[nH+]cc4ccc23)c1.[I-]. The van der Waals surface area contributed by atoms with Gasteiger partial charge in [0, 0.05) is 16.8 Å². The number of nitrogens with one attached hydrogen (secondary N) is 1. The van der Waals surface area contributed by atoms with E-state index >= 15 is 0 Å². The summed E-state index contributed by atoms with van der Waals surface area (Å²) < 4.78 is 5.30. The summed E-state index contributed by atoms with van der Waals surface area (Å²) in [5.74, 6) is 0.896. The molecule has 0 atom stereocenters. The Morgan fingerprint density at radius 1 is 0.762 bits per heavy atom. The summed E-state index contributed by atoms with van der Waals surface area (Å²) >= 11 is 0. The molecule has 2 nitrogen and oxygen atoms in total. The normalized spacial score (nSPS) is 10.7. The summed E-state index contributed by atoms with van der Waals surface area (Å²) in [6.07, 6.45) is 4.01. The van der Waals surface area contributed by atoms with E-state index in [1.54, 1.807) is 7.11 Å². The highest BCUT2D eigenvalue weighted by Gasteiger charge is 2.06. The molecule has 0 amide bonds. The molecule has 1 aromatic heterocycles. The van der Waals surface area contributed by atoms with Gasteiger partial charge in [0.15, 0.2) is 12.4 Å². The number of fused-ring (bicyclic) bond motifs is 5. The second-order valence-electron chi connectivity index (χ2n) is 4.96. The number of benzene rings is 3. The van der Waals surface area contributed by atoms with Crippen molar-refractivity contribution in [1.82, 2.24) is 0 Å². The fourth-order valence-corrected chi connectivity index (χ4v) is 2.87. The first kappa shape index (κ1) is 14.1. The highest BCUT2D eigenvalue weighted by molar-refractivity contribution is 6.17. The minimum atomic E-state index is 0. The van der Waals surface area contributed by atoms with Gasteiger partial charge in [0.2, 0.25) is 0 Å². The lowest BCUT2D eigenvalue weighted by Gasteiger charge is -2.07. The Labute approximate surface area is 139 Å². The van der Waals surface area contributed by atoms with Gasteiger partial charge < -0.3 is 28.7 Å². The van der Waals surface area contributed by atoms with E-state index in [2.05, 4.69) is 47.4 Å². The summed E-state index contributed by atoms with van der Waals surface area (Å²) in [5.41, 5.74) is 0. The zero-order chi connectivity index (χ0) is 13.5. The van der Waals surface area contributed by atoms with Gasteiger partial charge in [0.05, 0.1) is 7.11 Å². The van der Waals surface area contributed by atoms with Crippen molar-refractivity contribution in [3.63, 3.8) is 0 Å². The molecule has 0 bridgehead atoms. The van der Waals surface area contributed by atoms with E-state index < -0.39 is 0 Å². The molecule has 0 aliphatic rings. The van der Waals surface area contributed by atoms with Crippen molar-refractivity contribution < 1.29 is 33.7 Å². The van der Waals surface area contributed by atoms with Crippen LogP contribution >= 0.6 is 0 Å². The number of methoxy groups -OCH3 is 1. The van der Waals surface area contributed by atoms with Gasteiger partial charge in [-0.25, -0.2) is 4.98 Å². The van der Waals surface area contributed by atoms with E-state index in [0.717, 1.165) is 5.75 Å². The molecule has 1 N–H and O–H groups in total. The Kier molecular flexibility index (Phi) is 3.68. The minimum Gasteiger partial charge on any atom is -1.00 e. The average Bonchev–Trinajstić information content (AvgIpc) is 2.53. The Morgan fingerprint density at radius 3 is 2.19 bits per heavy atom. The van der Waals surface area contributed by atoms with Crippen LogP contribution in [-0.4, -0.2) is 7.11 Å². The van der Waals surface area contributed by atoms with E-state index in [1.807, 2.05) is 18.5 Å². The number of hydrogen-bond donors (Lipinski definition) is 0. The molecule has 0 saturated carbocycles. The largest absolute Gasteiger partial charge is 1.00 e. The van der Waals surface area contributed by atoms with Crippen molar-refractivity contribution in [2.75, 3.05) is 7.11 Å². The third-order valence-corrected chi connectivity index (χ3v) is 3.88. The Balaban J connectivity index is 0.00000132. The van der Waals surface area contributed by atoms with E-state index in [-0.39, 0.29) is 24.0 Å². The van der Waals surface area contributed by atoms with E-state index in [4.69, 9.17) is 4.74 Å². The quantitative estimate of drug-likeness (QED) is 0.353. The lowest BCUT2D eigenvalue weighted by Crippen LogP contribution is -3.00. The second kappa shape index (κ2) is 5.48. The van der Waals surface area contributed by atoms with Crippen LogP contribution in [0.1, 0.15) is 0 Å². The average molecular weight is 387 g/mol. The summed E-state index contributed by atoms with van der Waals surface area (Å²) in [6, 6.07) is 17.1. The molecule has 104 valence electrons. The van der Waals surface area contributed by atoms with Gasteiger partial charge in [-0.05, 0) is 39.7 Å². The number of ether oxygens (including phenoxy) is 1. The number of pyridine rings is 1. The van der Waals surface area contributed by atoms with Gasteiger partial charge in [0.1, 0.15) is 5.75 Å². The Morgan fingerprint density at radius 2 is 1.43 bits per heavy atom. The van der Waals surface area contributed by atoms with Crippen LogP contribution in [0, 0.1) is 0 Å². The lowest BCUT2D eigenvalue weighted by atomic mass is 9.98. The summed E-state index contributed by atoms with van der Waals surface area (Å²) in [4.78, 5) is 3.14. The van der Waals surface area contributed by atoms with Gasteiger partial charge in [-0.3, -0.25) is 0 Å². The Bertz CT molecular complexity index is 949. The van der Waals surface area contributed by atoms with Gasteiger partial charge in [-0.2, -0.15) is 0 Å². The zero-order valence-electron chi connectivity index (χ0n) is 11.6. The molecule has 0 saturated heterocycles.